The zero-order valence-electron chi connectivity index (χ0n) is 30.9. The number of amides is 1. The van der Waals surface area contributed by atoms with Gasteiger partial charge < -0.3 is 19.6 Å². The number of aromatic nitrogens is 3. The Kier molecular flexibility index (Phi) is 17.0. The topological polar surface area (TPSA) is 188 Å². The van der Waals surface area contributed by atoms with E-state index in [0.29, 0.717) is 19.3 Å². The van der Waals surface area contributed by atoms with E-state index >= 15 is 0 Å². The average Bonchev–Trinajstić information content (AvgIpc) is 3.45. The van der Waals surface area contributed by atoms with Crippen LogP contribution >= 0.6 is 0 Å². The quantitative estimate of drug-likeness (QED) is 0.254. The minimum Gasteiger partial charge on any atom is -0.392 e. The standard InChI is InChI=1S/C12H24N3O3S.C11H20N2O4S.C8H17NO/c1-12(2,3)6-10(16)7-13-19(17,18)11-8-14(4)15(5)9-11;1-8-10(7-12-17-8)18(15,16)13-6-9(14)5-11(2,3)4;1-8(2,3)6-7(10)9(4)5/h8-10,13,16H,6-7H2,1-5H3;7,9,13-14H,5-6H2,1-4H3;6H2,1-5H3/q+1;;. The number of rotatable bonds is 11. The second-order valence-corrected chi connectivity index (χ2v) is 19.1. The Labute approximate surface area is 283 Å². The second kappa shape index (κ2) is 17.9. The molecule has 2 heterocycles. The van der Waals surface area contributed by atoms with E-state index in [-0.39, 0.29) is 50.8 Å². The Balaban J connectivity index is 0.000000710. The summed E-state index contributed by atoms with van der Waals surface area (Å²) in [6.07, 6.45) is 4.47. The molecule has 14 nitrogen and oxygen atoms in total. The number of nitrogens with zero attached hydrogens (tertiary/aromatic N) is 4. The maximum Gasteiger partial charge on any atom is 0.248 e. The molecule has 2 aromatic rings. The Hall–Kier alpha value is -2.37. The minimum absolute atomic E-state index is 0.00505. The van der Waals surface area contributed by atoms with Crippen LogP contribution in [-0.4, -0.2) is 87.1 Å². The first-order valence-corrected chi connectivity index (χ1v) is 18.4. The van der Waals surface area contributed by atoms with Gasteiger partial charge in [-0.05, 0) is 36.0 Å². The van der Waals surface area contributed by atoms with E-state index in [1.807, 2.05) is 41.5 Å². The van der Waals surface area contributed by atoms with Gasteiger partial charge in [-0.25, -0.2) is 26.3 Å². The Morgan fingerprint density at radius 2 is 1.36 bits per heavy atom. The molecule has 0 aliphatic heterocycles. The Bertz CT molecular complexity index is 1440. The maximum absolute atomic E-state index is 12.0. The summed E-state index contributed by atoms with van der Waals surface area (Å²) < 4.78 is 60.6. The van der Waals surface area contributed by atoms with Gasteiger partial charge in [0.05, 0.1) is 31.6 Å². The van der Waals surface area contributed by atoms with E-state index in [4.69, 9.17) is 4.52 Å². The molecule has 16 heteroatoms. The van der Waals surface area contributed by atoms with Gasteiger partial charge in [0.25, 0.3) is 0 Å². The molecule has 0 aromatic carbocycles. The molecule has 0 bridgehead atoms. The van der Waals surface area contributed by atoms with Gasteiger partial charge in [-0.3, -0.25) is 4.79 Å². The summed E-state index contributed by atoms with van der Waals surface area (Å²) in [6, 6.07) is 0. The predicted octanol–water partition coefficient (Wildman–Crippen LogP) is 2.49. The third kappa shape index (κ3) is 19.3. The maximum atomic E-state index is 12.0. The van der Waals surface area contributed by atoms with Gasteiger partial charge in [-0.15, -0.1) is 4.68 Å². The molecule has 0 radical (unpaired) electrons. The Morgan fingerprint density at radius 3 is 1.66 bits per heavy atom. The van der Waals surface area contributed by atoms with Crippen LogP contribution in [0.1, 0.15) is 87.3 Å². The summed E-state index contributed by atoms with van der Waals surface area (Å²) in [4.78, 5) is 12.9. The van der Waals surface area contributed by atoms with Crippen molar-refractivity contribution in [3.05, 3.63) is 24.4 Å². The zero-order chi connectivity index (χ0) is 37.2. The summed E-state index contributed by atoms with van der Waals surface area (Å²) in [5, 5.41) is 23.0. The van der Waals surface area contributed by atoms with Crippen molar-refractivity contribution in [2.24, 2.45) is 30.3 Å². The van der Waals surface area contributed by atoms with Crippen molar-refractivity contribution in [2.75, 3.05) is 27.2 Å². The van der Waals surface area contributed by atoms with E-state index in [9.17, 15) is 31.8 Å². The highest BCUT2D eigenvalue weighted by molar-refractivity contribution is 7.89. The number of nitrogens with one attached hydrogen (secondary N) is 2. The minimum atomic E-state index is -3.66. The van der Waals surface area contributed by atoms with Crippen LogP contribution in [0, 0.1) is 23.2 Å². The van der Waals surface area contributed by atoms with E-state index in [1.54, 1.807) is 42.5 Å². The number of sulfonamides is 2. The van der Waals surface area contributed by atoms with Crippen LogP contribution < -0.4 is 14.1 Å². The summed E-state index contributed by atoms with van der Waals surface area (Å²) in [5.41, 5.74) is 0.0172. The van der Waals surface area contributed by atoms with E-state index in [2.05, 4.69) is 35.4 Å². The van der Waals surface area contributed by atoms with Gasteiger partial charge in [0.2, 0.25) is 32.2 Å². The fourth-order valence-corrected chi connectivity index (χ4v) is 6.34. The second-order valence-electron chi connectivity index (χ2n) is 15.6. The fourth-order valence-electron chi connectivity index (χ4n) is 4.01. The molecule has 0 saturated carbocycles. The summed E-state index contributed by atoms with van der Waals surface area (Å²) in [6.45, 7) is 19.7. The highest BCUT2D eigenvalue weighted by Crippen LogP contribution is 2.22. The number of aryl methyl sites for hydroxylation is 3. The fraction of sp³-hybridized carbons (Fsp3) is 0.774. The number of carbonyl (C=O) groups is 1. The van der Waals surface area contributed by atoms with Crippen molar-refractivity contribution in [3.63, 3.8) is 0 Å². The number of carbonyl (C=O) groups excluding carboxylic acids is 1. The molecule has 1 amide bonds. The Morgan fingerprint density at radius 1 is 0.915 bits per heavy atom. The zero-order valence-corrected chi connectivity index (χ0v) is 32.5. The normalized spacial score (nSPS) is 14.0. The van der Waals surface area contributed by atoms with Crippen molar-refractivity contribution in [2.45, 2.75) is 110 Å². The van der Waals surface area contributed by atoms with Gasteiger partial charge in [-0.1, -0.05) is 67.5 Å². The van der Waals surface area contributed by atoms with Crippen LogP contribution in [-0.2, 0) is 38.9 Å². The molecule has 0 aliphatic rings. The largest absolute Gasteiger partial charge is 0.392 e. The predicted molar refractivity (Wildman–Crippen MR) is 181 cm³/mol. The van der Waals surface area contributed by atoms with E-state index in [1.165, 1.54) is 19.3 Å². The summed E-state index contributed by atoms with van der Waals surface area (Å²) in [5.74, 6) is 0.431. The van der Waals surface area contributed by atoms with Gasteiger partial charge >= 0.3 is 0 Å². The van der Waals surface area contributed by atoms with Crippen LogP contribution in [0.5, 0.6) is 0 Å². The van der Waals surface area contributed by atoms with Crippen LogP contribution in [0.3, 0.4) is 0 Å². The highest BCUT2D eigenvalue weighted by Gasteiger charge is 2.25. The lowest BCUT2D eigenvalue weighted by Gasteiger charge is -2.22. The van der Waals surface area contributed by atoms with Crippen molar-refractivity contribution < 1.29 is 41.0 Å². The van der Waals surface area contributed by atoms with Crippen molar-refractivity contribution in [1.82, 2.24) is 24.2 Å². The summed E-state index contributed by atoms with van der Waals surface area (Å²) in [7, 11) is -0.142. The first-order chi connectivity index (χ1) is 21.0. The van der Waals surface area contributed by atoms with Gasteiger partial charge in [-0.2, -0.15) is 4.68 Å². The molecule has 0 fully saturated rings. The van der Waals surface area contributed by atoms with Gasteiger partial charge in [0.1, 0.15) is 4.90 Å². The molecule has 4 N–H and O–H groups in total. The van der Waals surface area contributed by atoms with E-state index < -0.39 is 32.3 Å². The lowest BCUT2D eigenvalue weighted by molar-refractivity contribution is -0.751. The van der Waals surface area contributed by atoms with E-state index in [0.717, 1.165) is 6.20 Å². The lowest BCUT2D eigenvalue weighted by atomic mass is 9.89. The molecule has 2 unspecified atom stereocenters. The SMILES string of the molecule is CN(C)C(=O)CC(C)(C)C.Cc1oncc1S(=O)(=O)NCC(O)CC(C)(C)C.Cn1cc(S(=O)(=O)NCC(O)CC(C)(C)C)c[n+]1C. The number of aliphatic hydroxyl groups excluding tert-OH is 2. The van der Waals surface area contributed by atoms with Crippen molar-refractivity contribution in [1.29, 1.82) is 0 Å². The average molecular weight is 710 g/mol. The molecule has 0 spiro atoms. The van der Waals surface area contributed by atoms with Crippen LogP contribution in [0.25, 0.3) is 0 Å². The van der Waals surface area contributed by atoms with Gasteiger partial charge in [0.15, 0.2) is 17.7 Å². The molecule has 2 aromatic heterocycles. The van der Waals surface area contributed by atoms with Crippen LogP contribution in [0.4, 0.5) is 0 Å². The van der Waals surface area contributed by atoms with Crippen molar-refractivity contribution >= 4 is 26.0 Å². The highest BCUT2D eigenvalue weighted by atomic mass is 32.2. The molecule has 2 rings (SSSR count). The van der Waals surface area contributed by atoms with Crippen molar-refractivity contribution in [3.8, 4) is 0 Å². The molecule has 0 aliphatic carbocycles. The number of hydrogen-bond acceptors (Lipinski definition) is 9. The molecular formula is C31H61N6O8S2+. The first kappa shape index (κ1) is 44.6. The number of aliphatic hydroxyl groups is 2. The molecule has 0 saturated heterocycles. The smallest absolute Gasteiger partial charge is 0.248 e. The summed E-state index contributed by atoms with van der Waals surface area (Å²) >= 11 is 0. The monoisotopic (exact) mass is 709 g/mol. The van der Waals surface area contributed by atoms with Gasteiger partial charge in [0, 0.05) is 33.6 Å². The third-order valence-corrected chi connectivity index (χ3v) is 9.22. The number of hydrogen-bond donors (Lipinski definition) is 4. The van der Waals surface area contributed by atoms with Crippen LogP contribution in [0.2, 0.25) is 0 Å². The lowest BCUT2D eigenvalue weighted by Crippen LogP contribution is -2.36. The molecule has 2 atom stereocenters. The first-order valence-electron chi connectivity index (χ1n) is 15.4. The molecule has 47 heavy (non-hydrogen) atoms. The molecular weight excluding hydrogens is 649 g/mol. The molecule has 274 valence electrons. The van der Waals surface area contributed by atoms with Crippen LogP contribution in [0.15, 0.2) is 32.9 Å². The third-order valence-electron chi connectivity index (χ3n) is 6.33.